The van der Waals surface area contributed by atoms with Crippen LogP contribution in [-0.2, 0) is 9.47 Å². The van der Waals surface area contributed by atoms with E-state index in [0.717, 1.165) is 176 Å². The Hall–Kier alpha value is -5.03. The fourth-order valence-corrected chi connectivity index (χ4v) is 8.68. The highest BCUT2D eigenvalue weighted by molar-refractivity contribution is 6.34. The van der Waals surface area contributed by atoms with Crippen molar-refractivity contribution < 1.29 is 9.47 Å². The van der Waals surface area contributed by atoms with Crippen LogP contribution in [0.25, 0.3) is 44.6 Å². The molecule has 65 heavy (non-hydrogen) atoms. The fourth-order valence-electron chi connectivity index (χ4n) is 8.44. The van der Waals surface area contributed by atoms with Crippen LogP contribution < -0.4 is 20.9 Å². The van der Waals surface area contributed by atoms with E-state index < -0.39 is 0 Å². The van der Waals surface area contributed by atoms with Crippen LogP contribution in [0.5, 0.6) is 0 Å². The summed E-state index contributed by atoms with van der Waals surface area (Å²) in [6.07, 6.45) is 0. The molecule has 0 radical (unpaired) electrons. The fraction of sp³-hybridized carbons (Fsp3) is 0.440. The summed E-state index contributed by atoms with van der Waals surface area (Å²) in [5.74, 6) is 2.34. The number of halogens is 1. The average molecular weight is 902 g/mol. The Kier molecular flexibility index (Phi) is 16.8. The normalized spacial score (nSPS) is 17.9. The van der Waals surface area contributed by atoms with Gasteiger partial charge in [-0.1, -0.05) is 35.9 Å². The number of nitrogens with zero attached hydrogens (tertiary/aromatic N) is 10. The first-order valence-electron chi connectivity index (χ1n) is 23.2. The molecule has 4 fully saturated rings. The molecule has 0 unspecified atom stereocenters. The van der Waals surface area contributed by atoms with E-state index in [1.165, 1.54) is 11.4 Å². The lowest BCUT2D eigenvalue weighted by Crippen LogP contribution is -2.44. The Morgan fingerprint density at radius 3 is 1.48 bits per heavy atom. The molecule has 6 heterocycles. The van der Waals surface area contributed by atoms with Crippen molar-refractivity contribution in [3.63, 3.8) is 0 Å². The lowest BCUT2D eigenvalue weighted by Gasteiger charge is -2.34. The molecule has 15 heteroatoms. The Labute approximate surface area is 389 Å². The topological polar surface area (TPSA) is 128 Å². The van der Waals surface area contributed by atoms with Gasteiger partial charge in [0.15, 0.2) is 11.6 Å². The van der Waals surface area contributed by atoms with Gasteiger partial charge < -0.3 is 40.1 Å². The lowest BCUT2D eigenvalue weighted by atomic mass is 10.1. The summed E-state index contributed by atoms with van der Waals surface area (Å²) in [7, 11) is 4.35. The second-order valence-electron chi connectivity index (χ2n) is 17.1. The first-order valence-corrected chi connectivity index (χ1v) is 23.6. The zero-order valence-corrected chi connectivity index (χ0v) is 38.9. The number of hydrogen-bond acceptors (Lipinski definition) is 14. The van der Waals surface area contributed by atoms with Crippen molar-refractivity contribution in [2.75, 3.05) is 160 Å². The number of para-hydroxylation sites is 2. The quantitative estimate of drug-likeness (QED) is 0.162. The molecular weight excluding hydrogens is 836 g/mol. The van der Waals surface area contributed by atoms with Crippen LogP contribution in [0.2, 0.25) is 5.15 Å². The number of rotatable bonds is 10. The molecule has 0 aliphatic carbocycles. The second kappa shape index (κ2) is 23.4. The molecular formula is C50H65ClN12O2. The number of fused-ring (bicyclic) bond motifs is 2. The highest BCUT2D eigenvalue weighted by Crippen LogP contribution is 2.28. The monoisotopic (exact) mass is 901 g/mol. The Morgan fingerprint density at radius 1 is 0.523 bits per heavy atom. The molecule has 3 N–H and O–H groups in total. The van der Waals surface area contributed by atoms with Crippen molar-refractivity contribution >= 4 is 50.6 Å². The summed E-state index contributed by atoms with van der Waals surface area (Å²) in [6.45, 7) is 19.8. The van der Waals surface area contributed by atoms with E-state index in [4.69, 9.17) is 36.8 Å². The maximum Gasteiger partial charge on any atom is 0.162 e. The van der Waals surface area contributed by atoms with Gasteiger partial charge in [-0.2, -0.15) is 0 Å². The summed E-state index contributed by atoms with van der Waals surface area (Å²) in [6, 6.07) is 33.2. The number of likely N-dealkylation sites (N-methyl/N-ethyl adjacent to an activating group) is 2. The molecule has 2 aromatic heterocycles. The standard InChI is InChI=1S/C25H32N6O.C19H19ClN4.C6H14N2O/c1-29-12-14-31(15-13-29)21-8-6-20(7-9-21)24-27-23-5-3-2-4-22(23)25(28-24)26-10-11-30-16-18-32-19-17-30;1-23-10-12-24(13-11-23)15-8-6-14(7-9-15)19-21-17-5-3-2-4-16(17)18(20)22-19;7-1-2-8-3-5-9-6-4-8/h2-9H,10-19H2,1H3,(H,26,27,28);2-9H,10-13H2,1H3;1-7H2. The zero-order chi connectivity index (χ0) is 44.8. The third kappa shape index (κ3) is 12.9. The van der Waals surface area contributed by atoms with Crippen molar-refractivity contribution in [3.8, 4) is 22.8 Å². The highest BCUT2D eigenvalue weighted by Gasteiger charge is 2.18. The van der Waals surface area contributed by atoms with Crippen LogP contribution in [0, 0.1) is 0 Å². The van der Waals surface area contributed by atoms with Gasteiger partial charge in [0.25, 0.3) is 0 Å². The molecule has 0 bridgehead atoms. The maximum atomic E-state index is 6.31. The van der Waals surface area contributed by atoms with Gasteiger partial charge in [0.2, 0.25) is 0 Å². The molecule has 0 saturated carbocycles. The molecule has 10 rings (SSSR count). The van der Waals surface area contributed by atoms with Gasteiger partial charge in [0.1, 0.15) is 11.0 Å². The predicted molar refractivity (Wildman–Crippen MR) is 266 cm³/mol. The lowest BCUT2D eigenvalue weighted by molar-refractivity contribution is 0.0394. The molecule has 0 spiro atoms. The molecule has 6 aromatic rings. The van der Waals surface area contributed by atoms with Gasteiger partial charge in [0, 0.05) is 138 Å². The summed E-state index contributed by atoms with van der Waals surface area (Å²) in [4.78, 5) is 33.2. The van der Waals surface area contributed by atoms with Gasteiger partial charge in [-0.25, -0.2) is 19.9 Å². The summed E-state index contributed by atoms with van der Waals surface area (Å²) < 4.78 is 10.6. The number of piperazine rings is 2. The van der Waals surface area contributed by atoms with E-state index in [1.54, 1.807) is 0 Å². The molecule has 0 amide bonds. The summed E-state index contributed by atoms with van der Waals surface area (Å²) in [5.41, 5.74) is 11.8. The number of hydrogen-bond donors (Lipinski definition) is 2. The Bertz CT molecular complexity index is 2380. The number of nitrogens with two attached hydrogens (primary N) is 1. The van der Waals surface area contributed by atoms with Crippen molar-refractivity contribution in [3.05, 3.63) is 102 Å². The van der Waals surface area contributed by atoms with E-state index in [1.807, 2.05) is 36.4 Å². The molecule has 344 valence electrons. The number of ether oxygens (including phenoxy) is 2. The average Bonchev–Trinajstić information content (AvgIpc) is 3.36. The predicted octanol–water partition coefficient (Wildman–Crippen LogP) is 5.77. The number of nitrogens with one attached hydrogen (secondary N) is 1. The minimum atomic E-state index is 0.499. The summed E-state index contributed by atoms with van der Waals surface area (Å²) >= 11 is 6.31. The molecule has 14 nitrogen and oxygen atoms in total. The van der Waals surface area contributed by atoms with Crippen molar-refractivity contribution in [2.24, 2.45) is 5.73 Å². The van der Waals surface area contributed by atoms with Crippen LogP contribution in [0.15, 0.2) is 97.1 Å². The van der Waals surface area contributed by atoms with Gasteiger partial charge in [-0.05, 0) is 86.9 Å². The SMILES string of the molecule is CN1CCN(c2ccc(-c3nc(Cl)c4ccccc4n3)cc2)CC1.CN1CCN(c2ccc(-c3nc(NCCN4CCOCC4)c4ccccc4n3)cc2)CC1.NCCN1CCOCC1. The highest BCUT2D eigenvalue weighted by atomic mass is 35.5. The molecule has 4 aromatic carbocycles. The van der Waals surface area contributed by atoms with Crippen LogP contribution >= 0.6 is 11.6 Å². The van der Waals surface area contributed by atoms with E-state index >= 15 is 0 Å². The second-order valence-corrected chi connectivity index (χ2v) is 17.4. The molecule has 4 saturated heterocycles. The maximum absolute atomic E-state index is 6.31. The third-order valence-electron chi connectivity index (χ3n) is 12.5. The minimum absolute atomic E-state index is 0.499. The number of anilines is 3. The smallest absolute Gasteiger partial charge is 0.162 e. The zero-order valence-electron chi connectivity index (χ0n) is 38.1. The largest absolute Gasteiger partial charge is 0.379 e. The van der Waals surface area contributed by atoms with Gasteiger partial charge in [0.05, 0.1) is 37.5 Å². The first kappa shape index (κ1) is 46.5. The van der Waals surface area contributed by atoms with Crippen LogP contribution in [0.1, 0.15) is 0 Å². The first-order chi connectivity index (χ1) is 31.9. The van der Waals surface area contributed by atoms with Crippen LogP contribution in [0.3, 0.4) is 0 Å². The Balaban J connectivity index is 0.000000153. The third-order valence-corrected chi connectivity index (χ3v) is 12.8. The van der Waals surface area contributed by atoms with Crippen LogP contribution in [-0.4, -0.2) is 185 Å². The van der Waals surface area contributed by atoms with Gasteiger partial charge in [-0.15, -0.1) is 0 Å². The summed E-state index contributed by atoms with van der Waals surface area (Å²) in [5, 5.41) is 6.01. The van der Waals surface area contributed by atoms with E-state index in [0.29, 0.717) is 11.0 Å². The number of benzene rings is 4. The van der Waals surface area contributed by atoms with E-state index in [9.17, 15) is 0 Å². The number of morpholine rings is 2. The van der Waals surface area contributed by atoms with Gasteiger partial charge >= 0.3 is 0 Å². The minimum Gasteiger partial charge on any atom is -0.379 e. The van der Waals surface area contributed by atoms with Crippen LogP contribution in [0.4, 0.5) is 17.2 Å². The van der Waals surface area contributed by atoms with Crippen molar-refractivity contribution in [1.82, 2.24) is 39.5 Å². The van der Waals surface area contributed by atoms with E-state index in [2.05, 4.69) is 119 Å². The van der Waals surface area contributed by atoms with Crippen molar-refractivity contribution in [1.29, 1.82) is 0 Å². The molecule has 0 atom stereocenters. The number of aromatic nitrogens is 4. The van der Waals surface area contributed by atoms with Gasteiger partial charge in [-0.3, -0.25) is 9.80 Å². The Morgan fingerprint density at radius 2 is 0.969 bits per heavy atom. The van der Waals surface area contributed by atoms with Crippen molar-refractivity contribution in [2.45, 2.75) is 0 Å². The van der Waals surface area contributed by atoms with E-state index in [-0.39, 0.29) is 0 Å². The molecule has 4 aliphatic heterocycles. The molecule has 4 aliphatic rings.